The molecule has 0 saturated heterocycles. The molecule has 0 radical (unpaired) electrons. The molecule has 0 aromatic heterocycles. The first kappa shape index (κ1) is 13.6. The Morgan fingerprint density at radius 3 is 2.53 bits per heavy atom. The van der Waals surface area contributed by atoms with E-state index in [0.717, 1.165) is 18.6 Å². The van der Waals surface area contributed by atoms with Crippen molar-refractivity contribution in [2.24, 2.45) is 0 Å². The predicted octanol–water partition coefficient (Wildman–Crippen LogP) is 2.54. The molecule has 1 aromatic carbocycles. The smallest absolute Gasteiger partial charge is 0.219 e. The highest BCUT2D eigenvalue weighted by atomic mass is 16.5. The molecule has 1 atom stereocenters. The summed E-state index contributed by atoms with van der Waals surface area (Å²) in [5.74, 6) is 0.994. The van der Waals surface area contributed by atoms with Crippen molar-refractivity contribution < 1.29 is 9.53 Å². The maximum atomic E-state index is 11.2. The van der Waals surface area contributed by atoms with Gasteiger partial charge in [-0.2, -0.15) is 0 Å². The van der Waals surface area contributed by atoms with Gasteiger partial charge in [-0.25, -0.2) is 0 Å². The van der Waals surface area contributed by atoms with Gasteiger partial charge in [0.05, 0.1) is 7.11 Å². The second-order valence-corrected chi connectivity index (χ2v) is 4.21. The maximum Gasteiger partial charge on any atom is 0.219 e. The number of amides is 1. The second kappa shape index (κ2) is 6.94. The number of rotatable bonds is 6. The van der Waals surface area contributed by atoms with Gasteiger partial charge in [-0.15, -0.1) is 0 Å². The van der Waals surface area contributed by atoms with E-state index in [1.54, 1.807) is 7.11 Å². The van der Waals surface area contributed by atoms with Crippen LogP contribution in [-0.2, 0) is 11.2 Å². The molecule has 0 aliphatic carbocycles. The summed E-state index contributed by atoms with van der Waals surface area (Å²) < 4.78 is 5.10. The van der Waals surface area contributed by atoms with E-state index in [-0.39, 0.29) is 11.9 Å². The molecule has 1 rings (SSSR count). The summed E-state index contributed by atoms with van der Waals surface area (Å²) in [4.78, 5) is 11.2. The summed E-state index contributed by atoms with van der Waals surface area (Å²) in [6, 6.07) is 8.28. The van der Waals surface area contributed by atoms with Gasteiger partial charge in [-0.1, -0.05) is 19.1 Å². The number of carbonyl (C=O) groups is 1. The number of hydrogen-bond acceptors (Lipinski definition) is 2. The molecule has 0 saturated carbocycles. The normalized spacial score (nSPS) is 11.9. The SMILES string of the molecule is CCC(=O)NC(C)CCc1ccc(OC)cc1. The van der Waals surface area contributed by atoms with Crippen LogP contribution in [0.4, 0.5) is 0 Å². The van der Waals surface area contributed by atoms with Gasteiger partial charge in [0.1, 0.15) is 5.75 Å². The van der Waals surface area contributed by atoms with Crippen LogP contribution in [0.2, 0.25) is 0 Å². The van der Waals surface area contributed by atoms with Crippen molar-refractivity contribution in [2.45, 2.75) is 39.2 Å². The number of aryl methyl sites for hydroxylation is 1. The molecule has 1 unspecified atom stereocenters. The Hall–Kier alpha value is -1.51. The summed E-state index contributed by atoms with van der Waals surface area (Å²) in [6.45, 7) is 3.91. The summed E-state index contributed by atoms with van der Waals surface area (Å²) in [7, 11) is 1.66. The van der Waals surface area contributed by atoms with E-state index in [1.807, 2.05) is 26.0 Å². The van der Waals surface area contributed by atoms with Crippen molar-refractivity contribution in [3.63, 3.8) is 0 Å². The van der Waals surface area contributed by atoms with Crippen LogP contribution >= 0.6 is 0 Å². The Morgan fingerprint density at radius 2 is 2.00 bits per heavy atom. The Bertz CT molecular complexity index is 346. The van der Waals surface area contributed by atoms with E-state index < -0.39 is 0 Å². The molecule has 0 spiro atoms. The monoisotopic (exact) mass is 235 g/mol. The summed E-state index contributed by atoms with van der Waals surface area (Å²) in [6.07, 6.45) is 2.47. The fourth-order valence-corrected chi connectivity index (χ4v) is 1.62. The van der Waals surface area contributed by atoms with E-state index in [1.165, 1.54) is 5.56 Å². The van der Waals surface area contributed by atoms with E-state index in [0.29, 0.717) is 6.42 Å². The van der Waals surface area contributed by atoms with Crippen LogP contribution in [0.5, 0.6) is 5.75 Å². The topological polar surface area (TPSA) is 38.3 Å². The van der Waals surface area contributed by atoms with Gasteiger partial charge in [0.2, 0.25) is 5.91 Å². The zero-order valence-corrected chi connectivity index (χ0v) is 10.8. The minimum atomic E-state index is 0.118. The minimum Gasteiger partial charge on any atom is -0.497 e. The van der Waals surface area contributed by atoms with Crippen molar-refractivity contribution >= 4 is 5.91 Å². The third kappa shape index (κ3) is 4.89. The second-order valence-electron chi connectivity index (χ2n) is 4.21. The van der Waals surface area contributed by atoms with Crippen molar-refractivity contribution in [3.05, 3.63) is 29.8 Å². The number of nitrogens with one attached hydrogen (secondary N) is 1. The third-order valence-corrected chi connectivity index (χ3v) is 2.75. The number of carbonyl (C=O) groups excluding carboxylic acids is 1. The lowest BCUT2D eigenvalue weighted by atomic mass is 10.1. The zero-order chi connectivity index (χ0) is 12.7. The largest absolute Gasteiger partial charge is 0.497 e. The molecular formula is C14H21NO2. The van der Waals surface area contributed by atoms with Crippen LogP contribution in [-0.4, -0.2) is 19.1 Å². The fraction of sp³-hybridized carbons (Fsp3) is 0.500. The van der Waals surface area contributed by atoms with E-state index in [9.17, 15) is 4.79 Å². The highest BCUT2D eigenvalue weighted by molar-refractivity contribution is 5.75. The summed E-state index contributed by atoms with van der Waals surface area (Å²) in [5.41, 5.74) is 1.27. The number of methoxy groups -OCH3 is 1. The van der Waals surface area contributed by atoms with Crippen LogP contribution in [0.15, 0.2) is 24.3 Å². The minimum absolute atomic E-state index is 0.118. The van der Waals surface area contributed by atoms with Crippen molar-refractivity contribution in [1.82, 2.24) is 5.32 Å². The van der Waals surface area contributed by atoms with Gasteiger partial charge in [-0.3, -0.25) is 4.79 Å². The van der Waals surface area contributed by atoms with Crippen molar-refractivity contribution in [1.29, 1.82) is 0 Å². The van der Waals surface area contributed by atoms with Crippen molar-refractivity contribution in [2.75, 3.05) is 7.11 Å². The molecular weight excluding hydrogens is 214 g/mol. The third-order valence-electron chi connectivity index (χ3n) is 2.75. The van der Waals surface area contributed by atoms with Gasteiger partial charge < -0.3 is 10.1 Å². The average molecular weight is 235 g/mol. The van der Waals surface area contributed by atoms with Crippen LogP contribution < -0.4 is 10.1 Å². The molecule has 1 N–H and O–H groups in total. The highest BCUT2D eigenvalue weighted by Crippen LogP contribution is 2.13. The number of ether oxygens (including phenoxy) is 1. The van der Waals surface area contributed by atoms with E-state index in [4.69, 9.17) is 4.74 Å². The first-order valence-corrected chi connectivity index (χ1v) is 6.08. The fourth-order valence-electron chi connectivity index (χ4n) is 1.62. The molecule has 1 aromatic rings. The molecule has 0 aliphatic heterocycles. The molecule has 17 heavy (non-hydrogen) atoms. The molecule has 0 bridgehead atoms. The maximum absolute atomic E-state index is 11.2. The van der Waals surface area contributed by atoms with Crippen LogP contribution in [0.3, 0.4) is 0 Å². The zero-order valence-electron chi connectivity index (χ0n) is 10.8. The van der Waals surface area contributed by atoms with Crippen molar-refractivity contribution in [3.8, 4) is 5.75 Å². The van der Waals surface area contributed by atoms with Gasteiger partial charge in [0.25, 0.3) is 0 Å². The lowest BCUT2D eigenvalue weighted by Gasteiger charge is -2.13. The van der Waals surface area contributed by atoms with Gasteiger partial charge in [0.15, 0.2) is 0 Å². The first-order chi connectivity index (χ1) is 8.15. The number of hydrogen-bond donors (Lipinski definition) is 1. The lowest BCUT2D eigenvalue weighted by Crippen LogP contribution is -2.32. The molecule has 0 aliphatic rings. The molecule has 0 fully saturated rings. The molecule has 3 heteroatoms. The Kier molecular flexibility index (Phi) is 5.53. The summed E-state index contributed by atoms with van der Waals surface area (Å²) in [5, 5.41) is 2.96. The molecule has 0 heterocycles. The van der Waals surface area contributed by atoms with E-state index >= 15 is 0 Å². The Labute approximate surface area is 103 Å². The van der Waals surface area contributed by atoms with Crippen LogP contribution in [0.1, 0.15) is 32.3 Å². The Balaban J connectivity index is 2.36. The average Bonchev–Trinajstić information content (AvgIpc) is 2.36. The Morgan fingerprint density at radius 1 is 1.35 bits per heavy atom. The predicted molar refractivity (Wildman–Crippen MR) is 69.2 cm³/mol. The molecule has 1 amide bonds. The highest BCUT2D eigenvalue weighted by Gasteiger charge is 2.05. The van der Waals surface area contributed by atoms with Gasteiger partial charge in [0, 0.05) is 12.5 Å². The summed E-state index contributed by atoms with van der Waals surface area (Å²) >= 11 is 0. The lowest BCUT2D eigenvalue weighted by molar-refractivity contribution is -0.121. The van der Waals surface area contributed by atoms with Crippen LogP contribution in [0.25, 0.3) is 0 Å². The van der Waals surface area contributed by atoms with Gasteiger partial charge in [-0.05, 0) is 37.5 Å². The first-order valence-electron chi connectivity index (χ1n) is 6.08. The number of benzene rings is 1. The van der Waals surface area contributed by atoms with Crippen LogP contribution in [0, 0.1) is 0 Å². The van der Waals surface area contributed by atoms with E-state index in [2.05, 4.69) is 17.4 Å². The van der Waals surface area contributed by atoms with Gasteiger partial charge >= 0.3 is 0 Å². The standard InChI is InChI=1S/C14H21NO2/c1-4-14(16)15-11(2)5-6-12-7-9-13(17-3)10-8-12/h7-11H,4-6H2,1-3H3,(H,15,16). The molecule has 3 nitrogen and oxygen atoms in total. The molecule has 94 valence electrons. The quantitative estimate of drug-likeness (QED) is 0.823.